The van der Waals surface area contributed by atoms with Gasteiger partial charge in [0.1, 0.15) is 0 Å². The van der Waals surface area contributed by atoms with Crippen LogP contribution >= 0.6 is 0 Å². The Balaban J connectivity index is 1.99. The van der Waals surface area contributed by atoms with E-state index in [2.05, 4.69) is 37.9 Å². The van der Waals surface area contributed by atoms with E-state index in [1.54, 1.807) is 0 Å². The quantitative estimate of drug-likeness (QED) is 0.671. The summed E-state index contributed by atoms with van der Waals surface area (Å²) in [5, 5.41) is 3.48. The number of likely N-dealkylation sites (tertiary alicyclic amines) is 1. The topological polar surface area (TPSA) is 15.3 Å². The fraction of sp³-hybridized carbons (Fsp3) is 1.00. The van der Waals surface area contributed by atoms with Crippen molar-refractivity contribution >= 4 is 0 Å². The third kappa shape index (κ3) is 4.84. The maximum atomic E-state index is 3.48. The highest BCUT2D eigenvalue weighted by Gasteiger charge is 2.30. The van der Waals surface area contributed by atoms with E-state index in [0.29, 0.717) is 11.6 Å². The monoisotopic (exact) mass is 226 g/mol. The summed E-state index contributed by atoms with van der Waals surface area (Å²) in [5.74, 6) is 0. The SMILES string of the molecule is CC(C)NCCCCCN1CCCC1(C)C. The fourth-order valence-electron chi connectivity index (χ4n) is 2.57. The summed E-state index contributed by atoms with van der Waals surface area (Å²) in [5.41, 5.74) is 0.468. The number of unbranched alkanes of at least 4 members (excludes halogenated alkanes) is 2. The van der Waals surface area contributed by atoms with Crippen molar-refractivity contribution in [2.75, 3.05) is 19.6 Å². The molecule has 1 fully saturated rings. The van der Waals surface area contributed by atoms with E-state index >= 15 is 0 Å². The predicted molar refractivity (Wildman–Crippen MR) is 71.9 cm³/mol. The predicted octanol–water partition coefficient (Wildman–Crippen LogP) is 3.03. The van der Waals surface area contributed by atoms with Gasteiger partial charge in [0.2, 0.25) is 0 Å². The van der Waals surface area contributed by atoms with Crippen molar-refractivity contribution in [1.29, 1.82) is 0 Å². The molecule has 1 aliphatic heterocycles. The van der Waals surface area contributed by atoms with Crippen LogP contribution in [0, 0.1) is 0 Å². The summed E-state index contributed by atoms with van der Waals surface area (Å²) < 4.78 is 0. The Bertz CT molecular complexity index is 187. The molecule has 0 aromatic carbocycles. The van der Waals surface area contributed by atoms with Crippen LogP contribution in [0.4, 0.5) is 0 Å². The van der Waals surface area contributed by atoms with Crippen LogP contribution in [0.3, 0.4) is 0 Å². The van der Waals surface area contributed by atoms with Gasteiger partial charge in [0.05, 0.1) is 0 Å². The van der Waals surface area contributed by atoms with Gasteiger partial charge in [-0.1, -0.05) is 20.3 Å². The van der Waals surface area contributed by atoms with Gasteiger partial charge in [-0.2, -0.15) is 0 Å². The molecule has 0 aromatic rings. The molecule has 0 bridgehead atoms. The van der Waals surface area contributed by atoms with Crippen molar-refractivity contribution in [2.45, 2.75) is 71.4 Å². The van der Waals surface area contributed by atoms with Crippen LogP contribution in [-0.4, -0.2) is 36.1 Å². The maximum absolute atomic E-state index is 3.48. The summed E-state index contributed by atoms with van der Waals surface area (Å²) >= 11 is 0. The molecule has 0 saturated carbocycles. The second kappa shape index (κ2) is 6.61. The minimum Gasteiger partial charge on any atom is -0.315 e. The van der Waals surface area contributed by atoms with Crippen LogP contribution in [-0.2, 0) is 0 Å². The first-order valence-electron chi connectivity index (χ1n) is 7.01. The lowest BCUT2D eigenvalue weighted by atomic mass is 10.0. The van der Waals surface area contributed by atoms with E-state index in [0.717, 1.165) is 0 Å². The highest BCUT2D eigenvalue weighted by molar-refractivity contribution is 4.87. The average molecular weight is 226 g/mol. The summed E-state index contributed by atoms with van der Waals surface area (Å²) in [6.45, 7) is 13.0. The summed E-state index contributed by atoms with van der Waals surface area (Å²) in [4.78, 5) is 2.67. The Kier molecular flexibility index (Phi) is 5.77. The van der Waals surface area contributed by atoms with E-state index in [-0.39, 0.29) is 0 Å². The van der Waals surface area contributed by atoms with Crippen molar-refractivity contribution in [1.82, 2.24) is 10.2 Å². The number of nitrogens with one attached hydrogen (secondary N) is 1. The molecule has 1 N–H and O–H groups in total. The third-order valence-electron chi connectivity index (χ3n) is 3.73. The summed E-state index contributed by atoms with van der Waals surface area (Å²) in [7, 11) is 0. The number of hydrogen-bond acceptors (Lipinski definition) is 2. The van der Waals surface area contributed by atoms with Crippen molar-refractivity contribution in [3.05, 3.63) is 0 Å². The molecule has 96 valence electrons. The number of rotatable bonds is 7. The van der Waals surface area contributed by atoms with Crippen molar-refractivity contribution in [3.8, 4) is 0 Å². The third-order valence-corrected chi connectivity index (χ3v) is 3.73. The van der Waals surface area contributed by atoms with Crippen molar-refractivity contribution in [3.63, 3.8) is 0 Å². The van der Waals surface area contributed by atoms with E-state index in [1.165, 1.54) is 51.7 Å². The Morgan fingerprint density at radius 2 is 1.94 bits per heavy atom. The molecule has 2 nitrogen and oxygen atoms in total. The first-order valence-corrected chi connectivity index (χ1v) is 7.01. The smallest absolute Gasteiger partial charge is 0.0153 e. The molecule has 0 aliphatic carbocycles. The van der Waals surface area contributed by atoms with Crippen LogP contribution in [0.15, 0.2) is 0 Å². The standard InChI is InChI=1S/C14H30N2/c1-13(2)15-10-6-5-7-11-16-12-8-9-14(16,3)4/h13,15H,5-12H2,1-4H3. The Morgan fingerprint density at radius 3 is 2.50 bits per heavy atom. The van der Waals surface area contributed by atoms with Crippen LogP contribution in [0.1, 0.15) is 59.8 Å². The van der Waals surface area contributed by atoms with Gasteiger partial charge in [0.25, 0.3) is 0 Å². The van der Waals surface area contributed by atoms with Crippen molar-refractivity contribution < 1.29 is 0 Å². The molecule has 0 atom stereocenters. The second-order valence-electron chi connectivity index (χ2n) is 6.07. The highest BCUT2D eigenvalue weighted by atomic mass is 15.2. The van der Waals surface area contributed by atoms with Gasteiger partial charge < -0.3 is 5.32 Å². The van der Waals surface area contributed by atoms with Crippen LogP contribution in [0.25, 0.3) is 0 Å². The van der Waals surface area contributed by atoms with Gasteiger partial charge >= 0.3 is 0 Å². The maximum Gasteiger partial charge on any atom is 0.0153 e. The lowest BCUT2D eigenvalue weighted by molar-refractivity contribution is 0.171. The fourth-order valence-corrected chi connectivity index (χ4v) is 2.57. The van der Waals surface area contributed by atoms with Gasteiger partial charge in [0, 0.05) is 11.6 Å². The minimum atomic E-state index is 0.468. The van der Waals surface area contributed by atoms with Crippen LogP contribution < -0.4 is 5.32 Å². The molecular weight excluding hydrogens is 196 g/mol. The zero-order chi connectivity index (χ0) is 12.0. The molecule has 0 radical (unpaired) electrons. The molecule has 1 aliphatic rings. The molecule has 1 saturated heterocycles. The van der Waals surface area contributed by atoms with Gasteiger partial charge in [-0.15, -0.1) is 0 Å². The first-order chi connectivity index (χ1) is 7.52. The minimum absolute atomic E-state index is 0.468. The molecule has 1 heterocycles. The number of nitrogens with zero attached hydrogens (tertiary/aromatic N) is 1. The average Bonchev–Trinajstić information content (AvgIpc) is 2.51. The lowest BCUT2D eigenvalue weighted by Crippen LogP contribution is -2.38. The molecule has 0 amide bonds. The van der Waals surface area contributed by atoms with E-state index < -0.39 is 0 Å². The molecule has 2 heteroatoms. The Hall–Kier alpha value is -0.0800. The second-order valence-corrected chi connectivity index (χ2v) is 6.07. The molecule has 1 rings (SSSR count). The normalized spacial score (nSPS) is 20.8. The molecule has 0 spiro atoms. The van der Waals surface area contributed by atoms with Crippen LogP contribution in [0.5, 0.6) is 0 Å². The summed E-state index contributed by atoms with van der Waals surface area (Å²) in [6.07, 6.45) is 6.83. The van der Waals surface area contributed by atoms with Gasteiger partial charge in [-0.05, 0) is 59.2 Å². The molecular formula is C14H30N2. The zero-order valence-corrected chi connectivity index (χ0v) is 11.7. The molecule has 0 unspecified atom stereocenters. The van der Waals surface area contributed by atoms with E-state index in [9.17, 15) is 0 Å². The van der Waals surface area contributed by atoms with Gasteiger partial charge in [-0.25, -0.2) is 0 Å². The zero-order valence-electron chi connectivity index (χ0n) is 11.7. The number of hydrogen-bond donors (Lipinski definition) is 1. The van der Waals surface area contributed by atoms with Crippen molar-refractivity contribution in [2.24, 2.45) is 0 Å². The van der Waals surface area contributed by atoms with Crippen LogP contribution in [0.2, 0.25) is 0 Å². The molecule has 16 heavy (non-hydrogen) atoms. The van der Waals surface area contributed by atoms with E-state index in [4.69, 9.17) is 0 Å². The van der Waals surface area contributed by atoms with E-state index in [1.807, 2.05) is 0 Å². The van der Waals surface area contributed by atoms with Gasteiger partial charge in [-0.3, -0.25) is 4.90 Å². The Morgan fingerprint density at radius 1 is 1.19 bits per heavy atom. The largest absolute Gasteiger partial charge is 0.315 e. The van der Waals surface area contributed by atoms with Gasteiger partial charge in [0.15, 0.2) is 0 Å². The highest BCUT2D eigenvalue weighted by Crippen LogP contribution is 2.28. The summed E-state index contributed by atoms with van der Waals surface area (Å²) in [6, 6.07) is 0.637. The Labute approximate surface area is 102 Å². The molecule has 0 aromatic heterocycles. The lowest BCUT2D eigenvalue weighted by Gasteiger charge is -2.31. The first kappa shape index (κ1) is 14.0.